The summed E-state index contributed by atoms with van der Waals surface area (Å²) in [5, 5.41) is 19.6. The number of dihydropyridines is 1. The number of aromatic amines is 1. The third kappa shape index (κ3) is 1.65. The van der Waals surface area contributed by atoms with E-state index in [1.165, 1.54) is 6.20 Å². The molecule has 2 heterocycles. The number of nitrogens with one attached hydrogen (secondary N) is 1. The summed E-state index contributed by atoms with van der Waals surface area (Å²) in [5.74, 6) is 0. The smallest absolute Gasteiger partial charge is 0.126 e. The SMILES string of the molecule is OC(C1=CCCN=C1)c1cn[nH]n1. The maximum absolute atomic E-state index is 9.75. The van der Waals surface area contributed by atoms with Gasteiger partial charge >= 0.3 is 0 Å². The first kappa shape index (κ1) is 8.12. The monoisotopic (exact) mass is 178 g/mol. The third-order valence-electron chi connectivity index (χ3n) is 1.91. The van der Waals surface area contributed by atoms with E-state index in [2.05, 4.69) is 20.4 Å². The predicted octanol–water partition coefficient (Wildman–Crippen LogP) is 0.239. The maximum Gasteiger partial charge on any atom is 0.126 e. The van der Waals surface area contributed by atoms with Crippen LogP contribution in [0.15, 0.2) is 22.8 Å². The molecule has 0 saturated carbocycles. The Morgan fingerprint density at radius 3 is 3.08 bits per heavy atom. The Balaban J connectivity index is 2.17. The van der Waals surface area contributed by atoms with Crippen molar-refractivity contribution in [1.29, 1.82) is 0 Å². The first-order chi connectivity index (χ1) is 6.38. The summed E-state index contributed by atoms with van der Waals surface area (Å²) in [6.07, 6.45) is 5.33. The Morgan fingerprint density at radius 2 is 2.46 bits per heavy atom. The van der Waals surface area contributed by atoms with Crippen molar-refractivity contribution in [1.82, 2.24) is 15.4 Å². The van der Waals surface area contributed by atoms with Gasteiger partial charge in [-0.05, 0) is 6.42 Å². The van der Waals surface area contributed by atoms with Crippen molar-refractivity contribution in [3.63, 3.8) is 0 Å². The lowest BCUT2D eigenvalue weighted by Crippen LogP contribution is -2.06. The molecule has 2 rings (SSSR count). The maximum atomic E-state index is 9.75. The molecule has 5 heteroatoms. The highest BCUT2D eigenvalue weighted by atomic mass is 16.3. The third-order valence-corrected chi connectivity index (χ3v) is 1.91. The molecule has 1 unspecified atom stereocenters. The molecule has 0 aromatic carbocycles. The van der Waals surface area contributed by atoms with Crippen molar-refractivity contribution in [2.24, 2.45) is 4.99 Å². The zero-order valence-corrected chi connectivity index (χ0v) is 7.01. The van der Waals surface area contributed by atoms with Gasteiger partial charge in [0.25, 0.3) is 0 Å². The number of hydrogen-bond donors (Lipinski definition) is 2. The Hall–Kier alpha value is -1.49. The van der Waals surface area contributed by atoms with Gasteiger partial charge in [-0.25, -0.2) is 0 Å². The molecule has 1 aliphatic heterocycles. The van der Waals surface area contributed by atoms with Gasteiger partial charge < -0.3 is 5.11 Å². The fraction of sp³-hybridized carbons (Fsp3) is 0.375. The highest BCUT2D eigenvalue weighted by Gasteiger charge is 2.15. The molecule has 0 spiro atoms. The summed E-state index contributed by atoms with van der Waals surface area (Å²) in [5.41, 5.74) is 1.32. The molecule has 0 fully saturated rings. The molecular formula is C8H10N4O. The summed E-state index contributed by atoms with van der Waals surface area (Å²) in [6.45, 7) is 0.801. The lowest BCUT2D eigenvalue weighted by Gasteiger charge is -2.10. The van der Waals surface area contributed by atoms with Crippen LogP contribution in [0.2, 0.25) is 0 Å². The van der Waals surface area contributed by atoms with Crippen LogP contribution >= 0.6 is 0 Å². The number of rotatable bonds is 2. The van der Waals surface area contributed by atoms with Crippen molar-refractivity contribution < 1.29 is 5.11 Å². The average molecular weight is 178 g/mol. The summed E-state index contributed by atoms with van der Waals surface area (Å²) in [4.78, 5) is 4.08. The van der Waals surface area contributed by atoms with Gasteiger partial charge in [-0.15, -0.1) is 0 Å². The molecule has 1 aromatic heterocycles. The van der Waals surface area contributed by atoms with E-state index >= 15 is 0 Å². The molecule has 0 amide bonds. The summed E-state index contributed by atoms with van der Waals surface area (Å²) < 4.78 is 0. The summed E-state index contributed by atoms with van der Waals surface area (Å²) in [7, 11) is 0. The fourth-order valence-corrected chi connectivity index (χ4v) is 1.22. The lowest BCUT2D eigenvalue weighted by atomic mass is 10.1. The van der Waals surface area contributed by atoms with Gasteiger partial charge in [-0.1, -0.05) is 6.08 Å². The van der Waals surface area contributed by atoms with Crippen LogP contribution in [0.25, 0.3) is 0 Å². The Bertz CT molecular complexity index is 328. The zero-order valence-electron chi connectivity index (χ0n) is 7.01. The van der Waals surface area contributed by atoms with Crippen LogP contribution in [0.3, 0.4) is 0 Å². The van der Waals surface area contributed by atoms with Gasteiger partial charge in [0.15, 0.2) is 0 Å². The second-order valence-electron chi connectivity index (χ2n) is 2.83. The molecule has 1 aliphatic rings. The number of aliphatic hydroxyl groups excluding tert-OH is 1. The number of aliphatic imine (C=N–C) groups is 1. The van der Waals surface area contributed by atoms with E-state index in [0.717, 1.165) is 18.5 Å². The molecule has 2 N–H and O–H groups in total. The van der Waals surface area contributed by atoms with Crippen LogP contribution < -0.4 is 0 Å². The van der Waals surface area contributed by atoms with Gasteiger partial charge in [0.2, 0.25) is 0 Å². The molecule has 0 aliphatic carbocycles. The largest absolute Gasteiger partial charge is 0.382 e. The molecule has 68 valence electrons. The van der Waals surface area contributed by atoms with Gasteiger partial charge in [0, 0.05) is 18.3 Å². The second-order valence-corrected chi connectivity index (χ2v) is 2.83. The van der Waals surface area contributed by atoms with E-state index in [9.17, 15) is 5.11 Å². The summed E-state index contributed by atoms with van der Waals surface area (Å²) in [6, 6.07) is 0. The van der Waals surface area contributed by atoms with Crippen molar-refractivity contribution in [3.05, 3.63) is 23.5 Å². The van der Waals surface area contributed by atoms with E-state index in [4.69, 9.17) is 0 Å². The van der Waals surface area contributed by atoms with Crippen molar-refractivity contribution >= 4 is 6.21 Å². The highest BCUT2D eigenvalue weighted by Crippen LogP contribution is 2.19. The Kier molecular flexibility index (Phi) is 2.18. The van der Waals surface area contributed by atoms with Crippen molar-refractivity contribution in [2.45, 2.75) is 12.5 Å². The minimum absolute atomic E-state index is 0.527. The minimum atomic E-state index is -0.706. The molecule has 1 aromatic rings. The number of H-pyrrole nitrogens is 1. The second kappa shape index (κ2) is 3.49. The van der Waals surface area contributed by atoms with Crippen molar-refractivity contribution in [2.75, 3.05) is 6.54 Å². The quantitative estimate of drug-likeness (QED) is 0.681. The molecule has 0 bridgehead atoms. The first-order valence-electron chi connectivity index (χ1n) is 4.11. The Labute approximate surface area is 75.2 Å². The van der Waals surface area contributed by atoms with E-state index in [0.29, 0.717) is 5.69 Å². The van der Waals surface area contributed by atoms with Crippen LogP contribution in [0.5, 0.6) is 0 Å². The van der Waals surface area contributed by atoms with Gasteiger partial charge in [-0.2, -0.15) is 15.4 Å². The van der Waals surface area contributed by atoms with Crippen LogP contribution in [0.1, 0.15) is 18.2 Å². The average Bonchev–Trinajstić information content (AvgIpc) is 2.71. The lowest BCUT2D eigenvalue weighted by molar-refractivity contribution is 0.217. The molecular weight excluding hydrogens is 168 g/mol. The minimum Gasteiger partial charge on any atom is -0.382 e. The summed E-state index contributed by atoms with van der Waals surface area (Å²) >= 11 is 0. The van der Waals surface area contributed by atoms with Crippen molar-refractivity contribution in [3.8, 4) is 0 Å². The highest BCUT2D eigenvalue weighted by molar-refractivity contribution is 5.80. The van der Waals surface area contributed by atoms with E-state index < -0.39 is 6.10 Å². The molecule has 13 heavy (non-hydrogen) atoms. The fourth-order valence-electron chi connectivity index (χ4n) is 1.22. The number of nitrogens with zero attached hydrogens (tertiary/aromatic N) is 3. The molecule has 0 radical (unpaired) electrons. The number of aromatic nitrogens is 3. The van der Waals surface area contributed by atoms with E-state index in [1.807, 2.05) is 6.08 Å². The van der Waals surface area contributed by atoms with Gasteiger partial charge in [-0.3, -0.25) is 4.99 Å². The number of aliphatic hydroxyl groups is 1. The standard InChI is InChI=1S/C8H10N4O/c13-8(7-5-10-12-11-7)6-2-1-3-9-4-6/h2,4-5,8,13H,1,3H2,(H,10,11,12). The predicted molar refractivity (Wildman–Crippen MR) is 47.4 cm³/mol. The molecule has 1 atom stereocenters. The molecule has 0 saturated heterocycles. The van der Waals surface area contributed by atoms with Crippen LogP contribution in [0.4, 0.5) is 0 Å². The molecule has 5 nitrogen and oxygen atoms in total. The Morgan fingerprint density at radius 1 is 1.54 bits per heavy atom. The van der Waals surface area contributed by atoms with Gasteiger partial charge in [0.05, 0.1) is 6.20 Å². The van der Waals surface area contributed by atoms with Gasteiger partial charge in [0.1, 0.15) is 11.8 Å². The van der Waals surface area contributed by atoms with Crippen LogP contribution in [-0.2, 0) is 0 Å². The zero-order chi connectivity index (χ0) is 9.10. The first-order valence-corrected chi connectivity index (χ1v) is 4.11. The van der Waals surface area contributed by atoms with E-state index in [1.54, 1.807) is 6.21 Å². The van der Waals surface area contributed by atoms with Crippen LogP contribution in [-0.4, -0.2) is 33.3 Å². The normalized spacial score (nSPS) is 18.4. The topological polar surface area (TPSA) is 74.2 Å². The van der Waals surface area contributed by atoms with Crippen LogP contribution in [0, 0.1) is 0 Å². The van der Waals surface area contributed by atoms with E-state index in [-0.39, 0.29) is 0 Å². The number of hydrogen-bond acceptors (Lipinski definition) is 4.